The molecule has 26 heavy (non-hydrogen) atoms. The van der Waals surface area contributed by atoms with E-state index in [0.717, 1.165) is 12.8 Å². The van der Waals surface area contributed by atoms with Crippen LogP contribution in [0, 0.1) is 11.3 Å². The summed E-state index contributed by atoms with van der Waals surface area (Å²) in [6, 6.07) is 0.139. The van der Waals surface area contributed by atoms with Gasteiger partial charge in [-0.3, -0.25) is 4.79 Å². The van der Waals surface area contributed by atoms with Crippen LogP contribution in [0.5, 0.6) is 0 Å². The molecule has 2 aliphatic carbocycles. The lowest BCUT2D eigenvalue weighted by molar-refractivity contribution is -0.192. The number of halogens is 3. The molecule has 0 spiro atoms. The van der Waals surface area contributed by atoms with E-state index in [1.165, 1.54) is 0 Å². The second-order valence-electron chi connectivity index (χ2n) is 7.62. The molecule has 2 fully saturated rings. The fourth-order valence-electron chi connectivity index (χ4n) is 3.03. The standard InChI is InChI=1S/C13H19N3O3.C2HF3O2/c1-12(2,3)9-15-11(16-19-9)14-8-4-7-5-13(7,6-8)10(17)18;3-2(4,5)1(6)7/h7-8H,4-6H2,1-3H3,(H,14,16)(H,17,18);(H,6,7)/t7-,8+,13+;/m0./s1. The van der Waals surface area contributed by atoms with Gasteiger partial charge >= 0.3 is 18.1 Å². The summed E-state index contributed by atoms with van der Waals surface area (Å²) >= 11 is 0. The summed E-state index contributed by atoms with van der Waals surface area (Å²) in [5.74, 6) is -2.04. The monoisotopic (exact) mass is 379 g/mol. The molecule has 1 heterocycles. The Labute approximate surface area is 146 Å². The first kappa shape index (κ1) is 20.0. The Hall–Kier alpha value is -2.33. The van der Waals surface area contributed by atoms with Gasteiger partial charge in [0.2, 0.25) is 5.89 Å². The molecule has 3 N–H and O–H groups in total. The maximum Gasteiger partial charge on any atom is 0.490 e. The Morgan fingerprint density at radius 3 is 2.19 bits per heavy atom. The molecule has 0 aromatic carbocycles. The number of carboxylic acids is 2. The first-order valence-electron chi connectivity index (χ1n) is 7.90. The highest BCUT2D eigenvalue weighted by Gasteiger charge is 2.65. The summed E-state index contributed by atoms with van der Waals surface area (Å²) in [5.41, 5.74) is -0.651. The van der Waals surface area contributed by atoms with Gasteiger partial charge in [0.1, 0.15) is 0 Å². The third-order valence-corrected chi connectivity index (χ3v) is 4.48. The minimum atomic E-state index is -5.08. The molecule has 11 heteroatoms. The lowest BCUT2D eigenvalue weighted by Gasteiger charge is -2.14. The Balaban J connectivity index is 0.000000298. The quantitative estimate of drug-likeness (QED) is 0.732. The van der Waals surface area contributed by atoms with E-state index in [1.54, 1.807) is 0 Å². The highest BCUT2D eigenvalue weighted by Crippen LogP contribution is 2.63. The van der Waals surface area contributed by atoms with Crippen molar-refractivity contribution < 1.29 is 37.5 Å². The van der Waals surface area contributed by atoms with Crippen LogP contribution in [-0.2, 0) is 15.0 Å². The van der Waals surface area contributed by atoms with Gasteiger partial charge in [-0.05, 0) is 30.3 Å². The number of aliphatic carboxylic acids is 2. The zero-order chi connectivity index (χ0) is 19.9. The van der Waals surface area contributed by atoms with Crippen molar-refractivity contribution in [1.29, 1.82) is 0 Å². The van der Waals surface area contributed by atoms with E-state index in [1.807, 2.05) is 20.8 Å². The Morgan fingerprint density at radius 1 is 1.23 bits per heavy atom. The van der Waals surface area contributed by atoms with Gasteiger partial charge in [0.25, 0.3) is 5.95 Å². The van der Waals surface area contributed by atoms with E-state index < -0.39 is 23.5 Å². The molecular weight excluding hydrogens is 359 g/mol. The van der Waals surface area contributed by atoms with Gasteiger partial charge in [0.15, 0.2) is 0 Å². The van der Waals surface area contributed by atoms with E-state index in [4.69, 9.17) is 14.4 Å². The molecule has 3 atom stereocenters. The van der Waals surface area contributed by atoms with Crippen molar-refractivity contribution in [3.05, 3.63) is 5.89 Å². The van der Waals surface area contributed by atoms with Crippen LogP contribution in [-0.4, -0.2) is 44.5 Å². The number of anilines is 1. The van der Waals surface area contributed by atoms with E-state index in [0.29, 0.717) is 24.2 Å². The van der Waals surface area contributed by atoms with Crippen LogP contribution in [0.2, 0.25) is 0 Å². The minimum absolute atomic E-state index is 0.139. The van der Waals surface area contributed by atoms with Crippen molar-refractivity contribution in [3.8, 4) is 0 Å². The van der Waals surface area contributed by atoms with E-state index in [-0.39, 0.29) is 11.5 Å². The van der Waals surface area contributed by atoms with Crippen LogP contribution >= 0.6 is 0 Å². The second kappa shape index (κ2) is 6.44. The highest BCUT2D eigenvalue weighted by atomic mass is 19.4. The Bertz CT molecular complexity index is 697. The summed E-state index contributed by atoms with van der Waals surface area (Å²) in [6.45, 7) is 6.03. The molecule has 2 aliphatic rings. The smallest absolute Gasteiger partial charge is 0.481 e. The molecule has 0 radical (unpaired) electrons. The second-order valence-corrected chi connectivity index (χ2v) is 7.62. The van der Waals surface area contributed by atoms with Gasteiger partial charge in [-0.15, -0.1) is 0 Å². The molecule has 0 saturated heterocycles. The molecule has 3 rings (SSSR count). The van der Waals surface area contributed by atoms with Crippen molar-refractivity contribution in [2.75, 3.05) is 5.32 Å². The van der Waals surface area contributed by atoms with Gasteiger partial charge in [-0.25, -0.2) is 4.79 Å². The number of alkyl halides is 3. The number of carboxylic acid groups (broad SMARTS) is 2. The first-order chi connectivity index (χ1) is 11.8. The molecule has 0 aliphatic heterocycles. The largest absolute Gasteiger partial charge is 0.490 e. The number of fused-ring (bicyclic) bond motifs is 1. The van der Waals surface area contributed by atoms with Crippen LogP contribution in [0.25, 0.3) is 0 Å². The van der Waals surface area contributed by atoms with Crippen LogP contribution in [0.3, 0.4) is 0 Å². The number of nitrogens with one attached hydrogen (secondary N) is 1. The zero-order valence-electron chi connectivity index (χ0n) is 14.4. The molecule has 2 saturated carbocycles. The van der Waals surface area contributed by atoms with Crippen molar-refractivity contribution in [2.45, 2.75) is 57.7 Å². The zero-order valence-corrected chi connectivity index (χ0v) is 14.4. The molecule has 1 aromatic heterocycles. The number of aromatic nitrogens is 2. The normalized spacial score (nSPS) is 27.2. The summed E-state index contributed by atoms with van der Waals surface area (Å²) in [7, 11) is 0. The van der Waals surface area contributed by atoms with Crippen molar-refractivity contribution >= 4 is 17.9 Å². The molecule has 0 amide bonds. The van der Waals surface area contributed by atoms with Crippen LogP contribution in [0.15, 0.2) is 4.52 Å². The number of rotatable bonds is 3. The molecule has 8 nitrogen and oxygen atoms in total. The van der Waals surface area contributed by atoms with Crippen LogP contribution < -0.4 is 5.32 Å². The number of hydrogen-bond acceptors (Lipinski definition) is 6. The average molecular weight is 379 g/mol. The number of nitrogens with zero attached hydrogens (tertiary/aromatic N) is 2. The summed E-state index contributed by atoms with van der Waals surface area (Å²) in [5, 5.41) is 23.5. The molecule has 0 bridgehead atoms. The van der Waals surface area contributed by atoms with Gasteiger partial charge in [-0.1, -0.05) is 20.8 Å². The molecule has 146 valence electrons. The van der Waals surface area contributed by atoms with Crippen LogP contribution in [0.1, 0.15) is 45.9 Å². The SMILES string of the molecule is CC(C)(C)c1nc(N[C@@H]2C[C@H]3C[C@@]3(C(=O)O)C2)no1.O=C(O)C(F)(F)F. The average Bonchev–Trinajstić information content (AvgIpc) is 2.83. The summed E-state index contributed by atoms with van der Waals surface area (Å²) in [4.78, 5) is 24.4. The maximum absolute atomic E-state index is 11.2. The maximum atomic E-state index is 11.2. The van der Waals surface area contributed by atoms with E-state index >= 15 is 0 Å². The minimum Gasteiger partial charge on any atom is -0.481 e. The third kappa shape index (κ3) is 4.25. The van der Waals surface area contributed by atoms with Gasteiger partial charge in [0, 0.05) is 11.5 Å². The lowest BCUT2D eigenvalue weighted by Crippen LogP contribution is -2.23. The molecular formula is C15H20F3N3O5. The summed E-state index contributed by atoms with van der Waals surface area (Å²) in [6.07, 6.45) is -2.72. The van der Waals surface area contributed by atoms with Crippen molar-refractivity contribution in [1.82, 2.24) is 10.1 Å². The Kier molecular flexibility index (Phi) is 4.95. The summed E-state index contributed by atoms with van der Waals surface area (Å²) < 4.78 is 36.9. The Morgan fingerprint density at radius 2 is 1.81 bits per heavy atom. The van der Waals surface area contributed by atoms with Crippen LogP contribution in [0.4, 0.5) is 19.1 Å². The van der Waals surface area contributed by atoms with E-state index in [2.05, 4.69) is 15.5 Å². The fourth-order valence-corrected chi connectivity index (χ4v) is 3.03. The predicted molar refractivity (Wildman–Crippen MR) is 81.5 cm³/mol. The first-order valence-corrected chi connectivity index (χ1v) is 7.90. The van der Waals surface area contributed by atoms with E-state index in [9.17, 15) is 23.1 Å². The number of carbonyl (C=O) groups is 2. The molecule has 1 aromatic rings. The third-order valence-electron chi connectivity index (χ3n) is 4.48. The van der Waals surface area contributed by atoms with Gasteiger partial charge in [-0.2, -0.15) is 18.2 Å². The van der Waals surface area contributed by atoms with Crippen molar-refractivity contribution in [3.63, 3.8) is 0 Å². The van der Waals surface area contributed by atoms with Gasteiger partial charge in [0.05, 0.1) is 5.41 Å². The van der Waals surface area contributed by atoms with Gasteiger partial charge < -0.3 is 20.1 Å². The molecule has 0 unspecified atom stereocenters. The fraction of sp³-hybridized carbons (Fsp3) is 0.733. The highest BCUT2D eigenvalue weighted by molar-refractivity contribution is 5.79. The van der Waals surface area contributed by atoms with Crippen molar-refractivity contribution in [2.24, 2.45) is 11.3 Å². The topological polar surface area (TPSA) is 126 Å². The predicted octanol–water partition coefficient (Wildman–Crippen LogP) is 2.67. The lowest BCUT2D eigenvalue weighted by atomic mass is 9.97. The number of hydrogen-bond donors (Lipinski definition) is 3.